The van der Waals surface area contributed by atoms with Crippen LogP contribution in [0.1, 0.15) is 49.8 Å². The highest BCUT2D eigenvalue weighted by Gasteiger charge is 2.41. The molecule has 0 saturated carbocycles. The molecule has 2 aliphatic rings. The maximum Gasteiger partial charge on any atom is 0.150 e. The van der Waals surface area contributed by atoms with Crippen molar-refractivity contribution in [3.63, 3.8) is 0 Å². The quantitative estimate of drug-likeness (QED) is 0.713. The summed E-state index contributed by atoms with van der Waals surface area (Å²) >= 11 is 0. The molecule has 1 atom stereocenters. The number of nitriles is 1. The lowest BCUT2D eigenvalue weighted by Gasteiger charge is -2.59. The molecule has 0 aromatic heterocycles. The van der Waals surface area contributed by atoms with E-state index in [9.17, 15) is 4.39 Å². The molecule has 0 bridgehead atoms. The Morgan fingerprint density at radius 2 is 2.25 bits per heavy atom. The first kappa shape index (κ1) is 16.3. The predicted molar refractivity (Wildman–Crippen MR) is 94.2 cm³/mol. The number of rotatable bonds is 4. The molecule has 0 fully saturated rings. The highest BCUT2D eigenvalue weighted by Crippen LogP contribution is 2.48. The van der Waals surface area contributed by atoms with Gasteiger partial charge in [-0.15, -0.1) is 0 Å². The summed E-state index contributed by atoms with van der Waals surface area (Å²) in [5.74, 6) is -0.456. The Hall–Kier alpha value is -2.54. The number of hydrogen-bond acceptors (Lipinski definition) is 2. The van der Waals surface area contributed by atoms with Crippen molar-refractivity contribution in [3.05, 3.63) is 70.6 Å². The van der Waals surface area contributed by atoms with E-state index in [2.05, 4.69) is 25.9 Å². The molecule has 2 aliphatic heterocycles. The van der Waals surface area contributed by atoms with Crippen molar-refractivity contribution in [2.24, 2.45) is 0 Å². The van der Waals surface area contributed by atoms with Crippen LogP contribution >= 0.6 is 0 Å². The van der Waals surface area contributed by atoms with Gasteiger partial charge in [0, 0.05) is 11.3 Å². The molecule has 1 aromatic rings. The van der Waals surface area contributed by atoms with Crippen molar-refractivity contribution < 1.29 is 4.39 Å². The Labute approximate surface area is 142 Å². The van der Waals surface area contributed by atoms with E-state index in [1.807, 2.05) is 29.3 Å². The summed E-state index contributed by atoms with van der Waals surface area (Å²) < 4.78 is 14.9. The van der Waals surface area contributed by atoms with E-state index in [-0.39, 0.29) is 11.1 Å². The molecule has 0 N–H and O–H groups in total. The standard InChI is InChI=1S/C20H21FN3/c1-4-7-14(3)20(5-2)12-15-9-10-16(13-22)19(21)18(15)17-8-6-11-23-24(17)20/h6,8-11H,3-5,7,12H2,1-2H3/q-1. The minimum absolute atomic E-state index is 0.0699. The second-order valence-corrected chi connectivity index (χ2v) is 6.31. The number of benzene rings is 1. The average molecular weight is 322 g/mol. The predicted octanol–water partition coefficient (Wildman–Crippen LogP) is 5.22. The summed E-state index contributed by atoms with van der Waals surface area (Å²) in [6.07, 6.45) is 8.81. The van der Waals surface area contributed by atoms with E-state index in [4.69, 9.17) is 5.26 Å². The molecule has 0 amide bonds. The number of nitrogens with zero attached hydrogens (tertiary/aromatic N) is 3. The summed E-state index contributed by atoms with van der Waals surface area (Å²) in [6.45, 7) is 8.59. The molecular weight excluding hydrogens is 301 g/mol. The molecule has 124 valence electrons. The Morgan fingerprint density at radius 3 is 2.92 bits per heavy atom. The maximum absolute atomic E-state index is 14.9. The Bertz CT molecular complexity index is 785. The first-order chi connectivity index (χ1) is 11.6. The number of halogens is 1. The SMILES string of the molecule is C=C(CCC)C1(CC)Cc2ccc(C#N)c(F)c2C2=CC=C[N-]N21. The van der Waals surface area contributed by atoms with Gasteiger partial charge in [0.1, 0.15) is 11.9 Å². The topological polar surface area (TPSA) is 41.1 Å². The smallest absolute Gasteiger partial charge is 0.150 e. The van der Waals surface area contributed by atoms with Crippen molar-refractivity contribution in [3.8, 4) is 6.07 Å². The van der Waals surface area contributed by atoms with Crippen LogP contribution in [0.25, 0.3) is 11.1 Å². The minimum Gasteiger partial charge on any atom is -0.600 e. The van der Waals surface area contributed by atoms with E-state index in [0.717, 1.165) is 30.4 Å². The fraction of sp³-hybridized carbons (Fsp3) is 0.350. The van der Waals surface area contributed by atoms with Crippen LogP contribution in [0, 0.1) is 17.1 Å². The third kappa shape index (κ3) is 2.24. The minimum atomic E-state index is -0.456. The summed E-state index contributed by atoms with van der Waals surface area (Å²) in [6, 6.07) is 5.38. The molecule has 0 aliphatic carbocycles. The van der Waals surface area contributed by atoms with Crippen molar-refractivity contribution >= 4 is 5.70 Å². The zero-order valence-electron chi connectivity index (χ0n) is 14.1. The molecule has 3 rings (SSSR count). The molecule has 24 heavy (non-hydrogen) atoms. The van der Waals surface area contributed by atoms with Gasteiger partial charge in [-0.05, 0) is 37.0 Å². The van der Waals surface area contributed by atoms with Gasteiger partial charge < -0.3 is 10.4 Å². The largest absolute Gasteiger partial charge is 0.600 e. The monoisotopic (exact) mass is 322 g/mol. The summed E-state index contributed by atoms with van der Waals surface area (Å²) in [5.41, 5.74) is 7.52. The number of allylic oxidation sites excluding steroid dienone is 2. The van der Waals surface area contributed by atoms with Crippen LogP contribution in [-0.2, 0) is 6.42 Å². The zero-order valence-corrected chi connectivity index (χ0v) is 14.1. The lowest BCUT2D eigenvalue weighted by Crippen LogP contribution is -2.51. The number of fused-ring (bicyclic) bond motifs is 3. The zero-order chi connectivity index (χ0) is 17.3. The van der Waals surface area contributed by atoms with Crippen LogP contribution in [0.3, 0.4) is 0 Å². The van der Waals surface area contributed by atoms with Crippen LogP contribution in [0.15, 0.2) is 42.6 Å². The average Bonchev–Trinajstić information content (AvgIpc) is 2.61. The molecule has 0 spiro atoms. The molecule has 3 nitrogen and oxygen atoms in total. The second kappa shape index (κ2) is 6.16. The van der Waals surface area contributed by atoms with Crippen molar-refractivity contribution in [2.75, 3.05) is 0 Å². The van der Waals surface area contributed by atoms with E-state index >= 15 is 0 Å². The van der Waals surface area contributed by atoms with Gasteiger partial charge in [-0.3, -0.25) is 0 Å². The van der Waals surface area contributed by atoms with Gasteiger partial charge in [-0.25, -0.2) is 4.39 Å². The van der Waals surface area contributed by atoms with Crippen molar-refractivity contribution in [1.82, 2.24) is 5.01 Å². The third-order valence-electron chi connectivity index (χ3n) is 5.04. The van der Waals surface area contributed by atoms with Gasteiger partial charge in [-0.1, -0.05) is 44.6 Å². The Balaban J connectivity index is 2.22. The van der Waals surface area contributed by atoms with Gasteiger partial charge in [0.2, 0.25) is 0 Å². The van der Waals surface area contributed by atoms with Crippen molar-refractivity contribution in [2.45, 2.75) is 45.1 Å². The van der Waals surface area contributed by atoms with E-state index < -0.39 is 5.82 Å². The van der Waals surface area contributed by atoms with Crippen molar-refractivity contribution in [1.29, 1.82) is 5.26 Å². The van der Waals surface area contributed by atoms with E-state index in [1.54, 1.807) is 12.3 Å². The molecule has 1 unspecified atom stereocenters. The molecule has 0 radical (unpaired) electrons. The van der Waals surface area contributed by atoms with Crippen LogP contribution < -0.4 is 0 Å². The van der Waals surface area contributed by atoms with Crippen LogP contribution in [-0.4, -0.2) is 10.5 Å². The summed E-state index contributed by atoms with van der Waals surface area (Å²) in [4.78, 5) is 0. The molecular formula is C20H21FN3-. The highest BCUT2D eigenvalue weighted by molar-refractivity contribution is 5.76. The first-order valence-electron chi connectivity index (χ1n) is 8.37. The third-order valence-corrected chi connectivity index (χ3v) is 5.04. The first-order valence-corrected chi connectivity index (χ1v) is 8.37. The molecule has 2 heterocycles. The lowest BCUT2D eigenvalue weighted by molar-refractivity contribution is 0.222. The fourth-order valence-corrected chi connectivity index (χ4v) is 3.75. The molecule has 1 aromatic carbocycles. The van der Waals surface area contributed by atoms with Crippen LogP contribution in [0.2, 0.25) is 0 Å². The summed E-state index contributed by atoms with van der Waals surface area (Å²) in [7, 11) is 0. The van der Waals surface area contributed by atoms with Gasteiger partial charge >= 0.3 is 0 Å². The molecule has 4 heteroatoms. The Morgan fingerprint density at radius 1 is 1.46 bits per heavy atom. The van der Waals surface area contributed by atoms with Gasteiger partial charge in [-0.2, -0.15) is 11.5 Å². The van der Waals surface area contributed by atoms with E-state index in [1.165, 1.54) is 0 Å². The van der Waals surface area contributed by atoms with Gasteiger partial charge in [0.15, 0.2) is 0 Å². The normalized spacial score (nSPS) is 21.2. The Kier molecular flexibility index (Phi) is 4.19. The summed E-state index contributed by atoms with van der Waals surface area (Å²) in [5, 5.41) is 11.1. The highest BCUT2D eigenvalue weighted by atomic mass is 19.1. The van der Waals surface area contributed by atoms with Gasteiger partial charge in [0.25, 0.3) is 0 Å². The van der Waals surface area contributed by atoms with Crippen LogP contribution in [0.5, 0.6) is 0 Å². The van der Waals surface area contributed by atoms with Crippen LogP contribution in [0.4, 0.5) is 4.39 Å². The van der Waals surface area contributed by atoms with E-state index in [0.29, 0.717) is 17.7 Å². The maximum atomic E-state index is 14.9. The molecule has 0 saturated heterocycles. The number of hydrogen-bond donors (Lipinski definition) is 0. The second-order valence-electron chi connectivity index (χ2n) is 6.31. The lowest BCUT2D eigenvalue weighted by atomic mass is 9.74. The van der Waals surface area contributed by atoms with Gasteiger partial charge in [0.05, 0.1) is 11.1 Å². The fourth-order valence-electron chi connectivity index (χ4n) is 3.75.